The van der Waals surface area contributed by atoms with E-state index in [0.29, 0.717) is 40.9 Å². The number of esters is 1. The van der Waals surface area contributed by atoms with Gasteiger partial charge in [0.2, 0.25) is 0 Å². The summed E-state index contributed by atoms with van der Waals surface area (Å²) in [6, 6.07) is 13.1. The average molecular weight is 497 g/mol. The quantitative estimate of drug-likeness (QED) is 0.200. The van der Waals surface area contributed by atoms with Crippen LogP contribution >= 0.6 is 12.2 Å². The lowest BCUT2D eigenvalue weighted by Crippen LogP contribution is -2.30. The van der Waals surface area contributed by atoms with Crippen molar-refractivity contribution in [3.8, 4) is 17.1 Å². The van der Waals surface area contributed by atoms with Gasteiger partial charge in [-0.2, -0.15) is 0 Å². The van der Waals surface area contributed by atoms with E-state index in [1.165, 1.54) is 26.4 Å². The van der Waals surface area contributed by atoms with Crippen molar-refractivity contribution in [2.75, 3.05) is 20.8 Å². The lowest BCUT2D eigenvalue weighted by molar-refractivity contribution is -0.384. The minimum absolute atomic E-state index is 0.0743. The number of carbonyl (C=O) groups excluding carboxylic acids is 1. The minimum Gasteiger partial charge on any atom is -0.496 e. The Balaban J connectivity index is 1.68. The Kier molecular flexibility index (Phi) is 7.25. The van der Waals surface area contributed by atoms with Crippen molar-refractivity contribution >= 4 is 29.0 Å². The molecule has 1 aromatic carbocycles. The van der Waals surface area contributed by atoms with Crippen LogP contribution in [-0.2, 0) is 9.53 Å². The van der Waals surface area contributed by atoms with Crippen molar-refractivity contribution in [2.24, 2.45) is 0 Å². The molecule has 0 amide bonds. The zero-order chi connectivity index (χ0) is 24.9. The SMILES string of the molecule is COC(=O)CCCN1C(=S)N[C@@H](c2ccccn2)[C@H]1c1ccc(-c2ccc([N+](=O)[O-])cc2OC)o1. The Morgan fingerprint density at radius 2 is 2.09 bits per heavy atom. The Labute approximate surface area is 207 Å². The number of nitro benzene ring substituents is 1. The van der Waals surface area contributed by atoms with Crippen LogP contribution in [-0.4, -0.2) is 46.7 Å². The first-order valence-electron chi connectivity index (χ1n) is 10.9. The molecule has 0 saturated carbocycles. The Morgan fingerprint density at radius 3 is 2.77 bits per heavy atom. The third kappa shape index (κ3) is 5.09. The van der Waals surface area contributed by atoms with E-state index in [0.717, 1.165) is 5.69 Å². The summed E-state index contributed by atoms with van der Waals surface area (Å²) in [5, 5.41) is 15.0. The van der Waals surface area contributed by atoms with E-state index in [1.54, 1.807) is 18.3 Å². The number of nitro groups is 1. The molecule has 182 valence electrons. The molecule has 11 heteroatoms. The summed E-state index contributed by atoms with van der Waals surface area (Å²) in [6.45, 7) is 0.506. The molecule has 1 aliphatic rings. The number of non-ortho nitro benzene ring substituents is 1. The van der Waals surface area contributed by atoms with Gasteiger partial charge < -0.3 is 24.1 Å². The number of hydrogen-bond acceptors (Lipinski definition) is 8. The predicted molar refractivity (Wildman–Crippen MR) is 131 cm³/mol. The van der Waals surface area contributed by atoms with E-state index >= 15 is 0 Å². The number of nitrogens with zero attached hydrogens (tertiary/aromatic N) is 3. The van der Waals surface area contributed by atoms with Gasteiger partial charge in [-0.05, 0) is 49.0 Å². The maximum absolute atomic E-state index is 11.6. The summed E-state index contributed by atoms with van der Waals surface area (Å²) in [5.41, 5.74) is 1.31. The zero-order valence-electron chi connectivity index (χ0n) is 19.2. The molecule has 10 nitrogen and oxygen atoms in total. The van der Waals surface area contributed by atoms with Crippen molar-refractivity contribution < 1.29 is 23.6 Å². The fraction of sp³-hybridized carbons (Fsp3) is 0.292. The largest absolute Gasteiger partial charge is 0.496 e. The van der Waals surface area contributed by atoms with Gasteiger partial charge in [-0.3, -0.25) is 19.9 Å². The van der Waals surface area contributed by atoms with Crippen LogP contribution < -0.4 is 10.1 Å². The van der Waals surface area contributed by atoms with Crippen molar-refractivity contribution in [3.05, 3.63) is 76.3 Å². The number of rotatable bonds is 9. The number of aromatic nitrogens is 1. The van der Waals surface area contributed by atoms with E-state index in [1.807, 2.05) is 29.2 Å². The normalized spacial score (nSPS) is 17.2. The van der Waals surface area contributed by atoms with Crippen molar-refractivity contribution in [3.63, 3.8) is 0 Å². The van der Waals surface area contributed by atoms with Crippen LogP contribution in [0.2, 0.25) is 0 Å². The molecule has 0 spiro atoms. The van der Waals surface area contributed by atoms with Gasteiger partial charge in [-0.25, -0.2) is 0 Å². The molecule has 3 aromatic rings. The first-order chi connectivity index (χ1) is 16.9. The van der Waals surface area contributed by atoms with Crippen molar-refractivity contribution in [2.45, 2.75) is 24.9 Å². The number of ether oxygens (including phenoxy) is 2. The second-order valence-corrected chi connectivity index (χ2v) is 8.23. The third-order valence-corrected chi connectivity index (χ3v) is 6.14. The van der Waals surface area contributed by atoms with Gasteiger partial charge in [0.15, 0.2) is 5.11 Å². The first kappa shape index (κ1) is 24.1. The maximum Gasteiger partial charge on any atom is 0.305 e. The maximum atomic E-state index is 11.6. The molecule has 3 heterocycles. The molecule has 0 aliphatic carbocycles. The molecule has 1 N–H and O–H groups in total. The van der Waals surface area contributed by atoms with Crippen molar-refractivity contribution in [1.29, 1.82) is 0 Å². The van der Waals surface area contributed by atoms with Gasteiger partial charge in [0.25, 0.3) is 5.69 Å². The molecular formula is C24H24N4O6S. The molecule has 1 fully saturated rings. The fourth-order valence-electron chi connectivity index (χ4n) is 4.10. The molecular weight excluding hydrogens is 472 g/mol. The topological polar surface area (TPSA) is 120 Å². The van der Waals surface area contributed by atoms with E-state index in [2.05, 4.69) is 10.3 Å². The highest BCUT2D eigenvalue weighted by Crippen LogP contribution is 2.42. The van der Waals surface area contributed by atoms with Gasteiger partial charge in [0, 0.05) is 25.2 Å². The van der Waals surface area contributed by atoms with E-state index in [9.17, 15) is 14.9 Å². The highest BCUT2D eigenvalue weighted by molar-refractivity contribution is 7.80. The highest BCUT2D eigenvalue weighted by atomic mass is 32.1. The fourth-order valence-corrected chi connectivity index (χ4v) is 4.44. The van der Waals surface area contributed by atoms with Crippen LogP contribution in [0, 0.1) is 10.1 Å². The van der Waals surface area contributed by atoms with E-state index in [-0.39, 0.29) is 30.2 Å². The van der Waals surface area contributed by atoms with Gasteiger partial charge in [-0.15, -0.1) is 0 Å². The number of furan rings is 1. The van der Waals surface area contributed by atoms with Crippen LogP contribution in [0.5, 0.6) is 5.75 Å². The number of methoxy groups -OCH3 is 2. The standard InChI is InChI=1S/C24H24N4O6S/c1-32-20-14-15(28(30)31)8-9-16(20)18-10-11-19(34-18)23-22(17-6-3-4-12-25-17)26-24(35)27(23)13-5-7-21(29)33-2/h3-4,6,8-12,14,22-23H,5,7,13H2,1-2H3,(H,26,35)/t22-,23+/m0/s1. The van der Waals surface area contributed by atoms with Crippen LogP contribution in [0.1, 0.15) is 36.4 Å². The lowest BCUT2D eigenvalue weighted by Gasteiger charge is -2.26. The third-order valence-electron chi connectivity index (χ3n) is 5.79. The minimum atomic E-state index is -0.478. The summed E-state index contributed by atoms with van der Waals surface area (Å²) in [5.74, 6) is 1.17. The van der Waals surface area contributed by atoms with Gasteiger partial charge in [-0.1, -0.05) is 6.07 Å². The van der Waals surface area contributed by atoms with Crippen LogP contribution in [0.25, 0.3) is 11.3 Å². The molecule has 4 rings (SSSR count). The molecule has 1 saturated heterocycles. The second-order valence-electron chi connectivity index (χ2n) is 7.84. The Morgan fingerprint density at radius 1 is 1.26 bits per heavy atom. The summed E-state index contributed by atoms with van der Waals surface area (Å²) < 4.78 is 16.4. The second kappa shape index (κ2) is 10.5. The predicted octanol–water partition coefficient (Wildman–Crippen LogP) is 4.18. The smallest absolute Gasteiger partial charge is 0.305 e. The van der Waals surface area contributed by atoms with Crippen LogP contribution in [0.3, 0.4) is 0 Å². The molecule has 1 aliphatic heterocycles. The number of benzene rings is 1. The van der Waals surface area contributed by atoms with Gasteiger partial charge in [0.1, 0.15) is 23.3 Å². The monoisotopic (exact) mass is 496 g/mol. The molecule has 0 bridgehead atoms. The number of pyridine rings is 1. The van der Waals surface area contributed by atoms with Gasteiger partial charge in [0.05, 0.1) is 42.5 Å². The van der Waals surface area contributed by atoms with Gasteiger partial charge >= 0.3 is 5.97 Å². The first-order valence-corrected chi connectivity index (χ1v) is 11.3. The Bertz CT molecular complexity index is 1230. The molecule has 2 atom stereocenters. The van der Waals surface area contributed by atoms with Crippen molar-refractivity contribution in [1.82, 2.24) is 15.2 Å². The van der Waals surface area contributed by atoms with E-state index < -0.39 is 4.92 Å². The molecule has 0 unspecified atom stereocenters. The summed E-state index contributed by atoms with van der Waals surface area (Å²) in [7, 11) is 2.81. The summed E-state index contributed by atoms with van der Waals surface area (Å²) in [6.07, 6.45) is 2.52. The molecule has 2 aromatic heterocycles. The highest BCUT2D eigenvalue weighted by Gasteiger charge is 2.41. The molecule has 0 radical (unpaired) electrons. The van der Waals surface area contributed by atoms with E-state index in [4.69, 9.17) is 26.1 Å². The van der Waals surface area contributed by atoms with Crippen LogP contribution in [0.4, 0.5) is 5.69 Å². The Hall–Kier alpha value is -3.99. The summed E-state index contributed by atoms with van der Waals surface area (Å²) >= 11 is 5.63. The number of thiocarbonyl (C=S) groups is 1. The number of hydrogen-bond donors (Lipinski definition) is 1. The number of nitrogens with one attached hydrogen (secondary N) is 1. The average Bonchev–Trinajstić information content (AvgIpc) is 3.48. The van der Waals surface area contributed by atoms with Crippen LogP contribution in [0.15, 0.2) is 59.1 Å². The lowest BCUT2D eigenvalue weighted by atomic mass is 10.0. The molecule has 35 heavy (non-hydrogen) atoms. The number of carbonyl (C=O) groups is 1. The zero-order valence-corrected chi connectivity index (χ0v) is 20.0. The summed E-state index contributed by atoms with van der Waals surface area (Å²) in [4.78, 5) is 28.8.